The summed E-state index contributed by atoms with van der Waals surface area (Å²) in [6.45, 7) is 11.9. The molecule has 0 aromatic heterocycles. The van der Waals surface area contributed by atoms with Crippen LogP contribution in [0, 0.1) is 5.92 Å². The van der Waals surface area contributed by atoms with Crippen LogP contribution in [-0.2, 0) is 6.54 Å². The Bertz CT molecular complexity index is 511. The van der Waals surface area contributed by atoms with Crippen LogP contribution in [0.15, 0.2) is 29.3 Å². The molecule has 1 aromatic carbocycles. The molecule has 0 unspecified atom stereocenters. The molecule has 0 saturated carbocycles. The molecule has 5 heteroatoms. The zero-order valence-electron chi connectivity index (χ0n) is 15.7. The van der Waals surface area contributed by atoms with Crippen LogP contribution in [0.25, 0.3) is 0 Å². The highest BCUT2D eigenvalue weighted by Gasteiger charge is 2.16. The monoisotopic (exact) mass is 444 g/mol. The highest BCUT2D eigenvalue weighted by Crippen LogP contribution is 2.23. The van der Waals surface area contributed by atoms with Crippen LogP contribution in [0.4, 0.5) is 5.69 Å². The summed E-state index contributed by atoms with van der Waals surface area (Å²) >= 11 is 0. The first-order chi connectivity index (χ1) is 10.9. The quantitative estimate of drug-likeness (QED) is 0.421. The van der Waals surface area contributed by atoms with Crippen LogP contribution in [-0.4, -0.2) is 31.6 Å². The number of hydrogen-bond donors (Lipinski definition) is 2. The number of nitrogens with one attached hydrogen (secondary N) is 2. The summed E-state index contributed by atoms with van der Waals surface area (Å²) in [7, 11) is 1.81. The van der Waals surface area contributed by atoms with Crippen LogP contribution >= 0.6 is 24.0 Å². The van der Waals surface area contributed by atoms with Crippen molar-refractivity contribution in [2.45, 2.75) is 52.6 Å². The zero-order chi connectivity index (χ0) is 16.9. The standard InChI is InChI=1S/C19H32N4.HI/c1-15-10-12-23(13-11-15)17-8-6-16(7-9-17)14-21-18(20-5)22-19(2,3)4;/h6-9,15H,10-14H2,1-5H3,(H2,20,21,22);1H. The highest BCUT2D eigenvalue weighted by molar-refractivity contribution is 14.0. The highest BCUT2D eigenvalue weighted by atomic mass is 127. The molecule has 0 atom stereocenters. The predicted octanol–water partition coefficient (Wildman–Crippen LogP) is 4.00. The molecule has 0 amide bonds. The second-order valence-electron chi connectivity index (χ2n) is 7.64. The van der Waals surface area contributed by atoms with E-state index in [0.717, 1.165) is 18.4 Å². The van der Waals surface area contributed by atoms with Gasteiger partial charge in [-0.05, 0) is 57.2 Å². The number of piperidine rings is 1. The molecule has 4 nitrogen and oxygen atoms in total. The van der Waals surface area contributed by atoms with E-state index in [1.54, 1.807) is 0 Å². The molecule has 0 radical (unpaired) electrons. The van der Waals surface area contributed by atoms with E-state index in [1.807, 2.05) is 7.05 Å². The Kier molecular flexibility index (Phi) is 8.33. The topological polar surface area (TPSA) is 39.7 Å². The van der Waals surface area contributed by atoms with E-state index in [4.69, 9.17) is 0 Å². The van der Waals surface area contributed by atoms with E-state index in [0.29, 0.717) is 0 Å². The fourth-order valence-corrected chi connectivity index (χ4v) is 2.81. The minimum atomic E-state index is 0. The average molecular weight is 444 g/mol. The average Bonchev–Trinajstić information content (AvgIpc) is 2.52. The Labute approximate surface area is 164 Å². The molecule has 1 aliphatic rings. The predicted molar refractivity (Wildman–Crippen MR) is 116 cm³/mol. The Morgan fingerprint density at radius 1 is 1.17 bits per heavy atom. The van der Waals surface area contributed by atoms with E-state index in [-0.39, 0.29) is 29.5 Å². The van der Waals surface area contributed by atoms with Gasteiger partial charge in [-0.2, -0.15) is 0 Å². The van der Waals surface area contributed by atoms with Gasteiger partial charge in [0.2, 0.25) is 0 Å². The molecule has 0 aliphatic carbocycles. The van der Waals surface area contributed by atoms with Crippen molar-refractivity contribution >= 4 is 35.6 Å². The largest absolute Gasteiger partial charge is 0.372 e. The first-order valence-electron chi connectivity index (χ1n) is 8.70. The molecular formula is C19H33IN4. The van der Waals surface area contributed by atoms with Crippen molar-refractivity contribution in [1.82, 2.24) is 10.6 Å². The molecule has 24 heavy (non-hydrogen) atoms. The maximum Gasteiger partial charge on any atom is 0.191 e. The second-order valence-corrected chi connectivity index (χ2v) is 7.64. The maximum absolute atomic E-state index is 4.27. The number of benzene rings is 1. The van der Waals surface area contributed by atoms with Gasteiger partial charge in [-0.1, -0.05) is 19.1 Å². The summed E-state index contributed by atoms with van der Waals surface area (Å²) < 4.78 is 0. The number of guanidine groups is 1. The Balaban J connectivity index is 0.00000288. The molecule has 1 fully saturated rings. The molecule has 136 valence electrons. The van der Waals surface area contributed by atoms with E-state index >= 15 is 0 Å². The van der Waals surface area contributed by atoms with Gasteiger partial charge < -0.3 is 15.5 Å². The van der Waals surface area contributed by atoms with Crippen LogP contribution in [0.2, 0.25) is 0 Å². The van der Waals surface area contributed by atoms with Crippen molar-refractivity contribution in [2.24, 2.45) is 10.9 Å². The van der Waals surface area contributed by atoms with Gasteiger partial charge in [0.25, 0.3) is 0 Å². The van der Waals surface area contributed by atoms with Gasteiger partial charge in [-0.3, -0.25) is 4.99 Å². The van der Waals surface area contributed by atoms with E-state index in [2.05, 4.69) is 72.5 Å². The minimum Gasteiger partial charge on any atom is -0.372 e. The molecule has 2 rings (SSSR count). The Morgan fingerprint density at radius 2 is 1.75 bits per heavy atom. The Hall–Kier alpha value is -0.980. The van der Waals surface area contributed by atoms with Crippen LogP contribution in [0.1, 0.15) is 46.1 Å². The number of halogens is 1. The van der Waals surface area contributed by atoms with E-state index in [9.17, 15) is 0 Å². The summed E-state index contributed by atoms with van der Waals surface area (Å²) in [5.74, 6) is 1.71. The van der Waals surface area contributed by atoms with Gasteiger partial charge in [-0.25, -0.2) is 0 Å². The zero-order valence-corrected chi connectivity index (χ0v) is 18.1. The van der Waals surface area contributed by atoms with Gasteiger partial charge >= 0.3 is 0 Å². The molecule has 1 saturated heterocycles. The molecule has 1 aliphatic heterocycles. The maximum atomic E-state index is 4.27. The third kappa shape index (κ3) is 6.87. The second kappa shape index (κ2) is 9.49. The minimum absolute atomic E-state index is 0. The SMILES string of the molecule is CN=C(NCc1ccc(N2CCC(C)CC2)cc1)NC(C)(C)C.I. The van der Waals surface area contributed by atoms with Crippen molar-refractivity contribution < 1.29 is 0 Å². The van der Waals surface area contributed by atoms with Crippen LogP contribution in [0.5, 0.6) is 0 Å². The molecule has 2 N–H and O–H groups in total. The summed E-state index contributed by atoms with van der Waals surface area (Å²) in [4.78, 5) is 6.77. The fourth-order valence-electron chi connectivity index (χ4n) is 2.81. The molecular weight excluding hydrogens is 411 g/mol. The van der Waals surface area contributed by atoms with Gasteiger partial charge in [0.1, 0.15) is 0 Å². The summed E-state index contributed by atoms with van der Waals surface area (Å²) in [6.07, 6.45) is 2.61. The number of hydrogen-bond acceptors (Lipinski definition) is 2. The van der Waals surface area contributed by atoms with Crippen molar-refractivity contribution in [1.29, 1.82) is 0 Å². The summed E-state index contributed by atoms with van der Waals surface area (Å²) in [6, 6.07) is 8.91. The van der Waals surface area contributed by atoms with E-state index in [1.165, 1.54) is 37.2 Å². The number of nitrogens with zero attached hydrogens (tertiary/aromatic N) is 2. The molecule has 0 bridgehead atoms. The van der Waals surface area contributed by atoms with Gasteiger partial charge in [-0.15, -0.1) is 24.0 Å². The Morgan fingerprint density at radius 3 is 2.25 bits per heavy atom. The summed E-state index contributed by atoms with van der Waals surface area (Å²) in [5.41, 5.74) is 2.63. The van der Waals surface area contributed by atoms with Crippen molar-refractivity contribution in [3.63, 3.8) is 0 Å². The third-order valence-corrected chi connectivity index (χ3v) is 4.26. The van der Waals surface area contributed by atoms with Crippen LogP contribution < -0.4 is 15.5 Å². The lowest BCUT2D eigenvalue weighted by atomic mass is 9.99. The van der Waals surface area contributed by atoms with Gasteiger partial charge in [0.15, 0.2) is 5.96 Å². The molecule has 1 aromatic rings. The first-order valence-corrected chi connectivity index (χ1v) is 8.70. The summed E-state index contributed by atoms with van der Waals surface area (Å²) in [5, 5.41) is 6.75. The van der Waals surface area contributed by atoms with Crippen LogP contribution in [0.3, 0.4) is 0 Å². The van der Waals surface area contributed by atoms with E-state index < -0.39 is 0 Å². The molecule has 0 spiro atoms. The normalized spacial score (nSPS) is 16.5. The lowest BCUT2D eigenvalue weighted by Gasteiger charge is -2.32. The first kappa shape index (κ1) is 21.1. The lowest BCUT2D eigenvalue weighted by Crippen LogP contribution is -2.47. The number of aliphatic imine (C=N–C) groups is 1. The van der Waals surface area contributed by atoms with Crippen molar-refractivity contribution in [2.75, 3.05) is 25.0 Å². The lowest BCUT2D eigenvalue weighted by molar-refractivity contribution is 0.438. The smallest absolute Gasteiger partial charge is 0.191 e. The van der Waals surface area contributed by atoms with Gasteiger partial charge in [0, 0.05) is 37.9 Å². The molecule has 1 heterocycles. The fraction of sp³-hybridized carbons (Fsp3) is 0.632. The van der Waals surface area contributed by atoms with Crippen molar-refractivity contribution in [3.8, 4) is 0 Å². The number of rotatable bonds is 3. The van der Waals surface area contributed by atoms with Crippen molar-refractivity contribution in [3.05, 3.63) is 29.8 Å². The number of anilines is 1. The van der Waals surface area contributed by atoms with Gasteiger partial charge in [0.05, 0.1) is 0 Å². The third-order valence-electron chi connectivity index (χ3n) is 4.26.